The third-order valence-corrected chi connectivity index (χ3v) is 6.27. The second kappa shape index (κ2) is 17.7. The van der Waals surface area contributed by atoms with E-state index in [2.05, 4.69) is 34.0 Å². The Kier molecular flexibility index (Phi) is 15.4. The molecule has 20 heteroatoms. The SMILES string of the molecule is CN(Cc1ccco1)C[C@H]1OC[C@@H]2CCN(Cc3ccncc3)C[C@@H]21.O=C(O)C(F)(F)F.O=C(O)C(F)(F)F.O=C(O)C(F)(F)F. The molecule has 0 aliphatic carbocycles. The van der Waals surface area contributed by atoms with Gasteiger partial charge in [-0.2, -0.15) is 39.5 Å². The predicted octanol–water partition coefficient (Wildman–Crippen LogP) is 4.54. The van der Waals surface area contributed by atoms with Gasteiger partial charge in [0.2, 0.25) is 0 Å². The predicted molar refractivity (Wildman–Crippen MR) is 137 cm³/mol. The molecule has 0 radical (unpaired) electrons. The summed E-state index contributed by atoms with van der Waals surface area (Å²) in [5, 5.41) is 21.4. The Bertz CT molecular complexity index is 1150. The number of halogens is 9. The number of alkyl halides is 9. The van der Waals surface area contributed by atoms with Gasteiger partial charge in [0.05, 0.1) is 25.5 Å². The van der Waals surface area contributed by atoms with Crippen LogP contribution < -0.4 is 0 Å². The molecular formula is C26H30F9N3O8. The second-order valence-corrected chi connectivity index (χ2v) is 9.86. The number of furan rings is 1. The Morgan fingerprint density at radius 1 is 0.913 bits per heavy atom. The van der Waals surface area contributed by atoms with Crippen LogP contribution in [0.5, 0.6) is 0 Å². The first-order valence-corrected chi connectivity index (χ1v) is 12.9. The molecule has 2 fully saturated rings. The maximum absolute atomic E-state index is 10.6. The highest BCUT2D eigenvalue weighted by Crippen LogP contribution is 2.35. The number of carboxylic acid groups (broad SMARTS) is 3. The van der Waals surface area contributed by atoms with Crippen LogP contribution in [0.2, 0.25) is 0 Å². The van der Waals surface area contributed by atoms with E-state index < -0.39 is 36.4 Å². The molecule has 0 aromatic carbocycles. The van der Waals surface area contributed by atoms with Crippen molar-refractivity contribution in [3.63, 3.8) is 0 Å². The van der Waals surface area contributed by atoms with Crippen molar-refractivity contribution < 1.29 is 78.4 Å². The minimum atomic E-state index is -5.08. The minimum Gasteiger partial charge on any atom is -0.475 e. The van der Waals surface area contributed by atoms with Gasteiger partial charge in [0.15, 0.2) is 0 Å². The average molecular weight is 684 g/mol. The van der Waals surface area contributed by atoms with Gasteiger partial charge in [-0.05, 0) is 55.8 Å². The number of piperidine rings is 1. The molecule has 3 atom stereocenters. The molecule has 0 spiro atoms. The normalized spacial score (nSPS) is 19.8. The Labute approximate surface area is 255 Å². The lowest BCUT2D eigenvalue weighted by atomic mass is 9.84. The van der Waals surface area contributed by atoms with Crippen LogP contribution >= 0.6 is 0 Å². The first-order valence-electron chi connectivity index (χ1n) is 12.9. The van der Waals surface area contributed by atoms with E-state index in [0.717, 1.165) is 44.5 Å². The van der Waals surface area contributed by atoms with Gasteiger partial charge in [0, 0.05) is 37.9 Å². The molecule has 2 aliphatic rings. The number of hydrogen-bond acceptors (Lipinski definition) is 8. The maximum Gasteiger partial charge on any atom is 0.490 e. The van der Waals surface area contributed by atoms with Crippen molar-refractivity contribution in [2.24, 2.45) is 11.8 Å². The van der Waals surface area contributed by atoms with E-state index >= 15 is 0 Å². The smallest absolute Gasteiger partial charge is 0.475 e. The molecule has 11 nitrogen and oxygen atoms in total. The summed E-state index contributed by atoms with van der Waals surface area (Å²) in [5.74, 6) is -5.90. The quantitative estimate of drug-likeness (QED) is 0.368. The van der Waals surface area contributed by atoms with Crippen LogP contribution in [0.25, 0.3) is 0 Å². The molecule has 46 heavy (non-hydrogen) atoms. The summed E-state index contributed by atoms with van der Waals surface area (Å²) in [6.45, 7) is 6.04. The fourth-order valence-corrected chi connectivity index (χ4v) is 4.22. The van der Waals surface area contributed by atoms with E-state index in [1.165, 1.54) is 18.5 Å². The number of carboxylic acids is 3. The van der Waals surface area contributed by atoms with Crippen LogP contribution in [0.4, 0.5) is 39.5 Å². The topological polar surface area (TPSA) is 154 Å². The van der Waals surface area contributed by atoms with Gasteiger partial charge < -0.3 is 24.5 Å². The van der Waals surface area contributed by atoms with Crippen molar-refractivity contribution in [2.75, 3.05) is 33.3 Å². The van der Waals surface area contributed by atoms with E-state index in [0.29, 0.717) is 12.0 Å². The second-order valence-electron chi connectivity index (χ2n) is 9.86. The van der Waals surface area contributed by atoms with E-state index in [1.54, 1.807) is 6.26 Å². The van der Waals surface area contributed by atoms with Crippen LogP contribution in [0.3, 0.4) is 0 Å². The van der Waals surface area contributed by atoms with Crippen LogP contribution in [-0.2, 0) is 32.2 Å². The molecule has 4 rings (SSSR count). The van der Waals surface area contributed by atoms with Crippen molar-refractivity contribution in [2.45, 2.75) is 44.1 Å². The maximum atomic E-state index is 10.6. The molecule has 2 aromatic rings. The molecule has 0 bridgehead atoms. The summed E-state index contributed by atoms with van der Waals surface area (Å²) < 4.78 is 107. The number of hydrogen-bond donors (Lipinski definition) is 3. The molecular weight excluding hydrogens is 653 g/mol. The van der Waals surface area contributed by atoms with Crippen LogP contribution in [0.1, 0.15) is 17.7 Å². The third kappa shape index (κ3) is 15.4. The third-order valence-electron chi connectivity index (χ3n) is 6.27. The van der Waals surface area contributed by atoms with Gasteiger partial charge in [-0.3, -0.25) is 14.8 Å². The zero-order valence-corrected chi connectivity index (χ0v) is 23.8. The average Bonchev–Trinajstić information content (AvgIpc) is 3.58. The van der Waals surface area contributed by atoms with Crippen molar-refractivity contribution >= 4 is 17.9 Å². The van der Waals surface area contributed by atoms with Gasteiger partial charge in [-0.15, -0.1) is 0 Å². The number of rotatable bonds is 6. The summed E-state index contributed by atoms with van der Waals surface area (Å²) in [4.78, 5) is 35.7. The highest BCUT2D eigenvalue weighted by atomic mass is 19.4. The molecule has 2 saturated heterocycles. The number of likely N-dealkylation sites (tertiary alicyclic amines) is 1. The fourth-order valence-electron chi connectivity index (χ4n) is 4.22. The lowest BCUT2D eigenvalue weighted by Gasteiger charge is -2.36. The standard InChI is InChI=1S/C20H27N3O2.3C2HF3O2/c1-22(12-18-3-2-10-24-18)14-20-19-13-23(9-6-17(19)15-25-20)11-16-4-7-21-8-5-16;3*3-2(4,5)1(6)7/h2-5,7-8,10,17,19-20H,6,9,11-15H2,1H3;3*(H,6,7)/t17-,19-,20+;;;/m0.../s1. The summed E-state index contributed by atoms with van der Waals surface area (Å²) >= 11 is 0. The number of carbonyl (C=O) groups is 3. The number of likely N-dealkylation sites (N-methyl/N-ethyl adjacent to an activating group) is 1. The highest BCUT2D eigenvalue weighted by molar-refractivity contribution is 5.73. The van der Waals surface area contributed by atoms with Crippen molar-refractivity contribution in [3.05, 3.63) is 54.2 Å². The summed E-state index contributed by atoms with van der Waals surface area (Å²) in [6.07, 6.45) is -8.18. The zero-order chi connectivity index (χ0) is 35.3. The van der Waals surface area contributed by atoms with E-state index in [1.807, 2.05) is 24.5 Å². The molecule has 2 aromatic heterocycles. The van der Waals surface area contributed by atoms with Crippen LogP contribution in [0.15, 0.2) is 47.3 Å². The van der Waals surface area contributed by atoms with E-state index in [-0.39, 0.29) is 0 Å². The number of aromatic nitrogens is 1. The monoisotopic (exact) mass is 683 g/mol. The van der Waals surface area contributed by atoms with Crippen molar-refractivity contribution in [1.82, 2.24) is 14.8 Å². The molecule has 4 heterocycles. The van der Waals surface area contributed by atoms with E-state index in [4.69, 9.17) is 38.9 Å². The van der Waals surface area contributed by atoms with E-state index in [9.17, 15) is 39.5 Å². The van der Waals surface area contributed by atoms with Gasteiger partial charge in [-0.25, -0.2) is 14.4 Å². The Morgan fingerprint density at radius 3 is 1.85 bits per heavy atom. The molecule has 260 valence electrons. The molecule has 3 N–H and O–H groups in total. The van der Waals surface area contributed by atoms with Gasteiger partial charge in [0.1, 0.15) is 5.76 Å². The molecule has 0 unspecified atom stereocenters. The summed E-state index contributed by atoms with van der Waals surface area (Å²) in [6, 6.07) is 8.22. The summed E-state index contributed by atoms with van der Waals surface area (Å²) in [5.41, 5.74) is 1.35. The number of aliphatic carboxylic acids is 3. The fraction of sp³-hybridized carbons (Fsp3) is 0.538. The zero-order valence-electron chi connectivity index (χ0n) is 23.8. The number of ether oxygens (including phenoxy) is 1. The first kappa shape index (κ1) is 40.1. The number of nitrogens with zero attached hydrogens (tertiary/aromatic N) is 3. The van der Waals surface area contributed by atoms with Crippen LogP contribution in [0, 0.1) is 11.8 Å². The molecule has 0 saturated carbocycles. The first-order chi connectivity index (χ1) is 21.1. The van der Waals surface area contributed by atoms with Crippen molar-refractivity contribution in [3.8, 4) is 0 Å². The molecule has 0 amide bonds. The number of pyridine rings is 1. The Hall–Kier alpha value is -3.91. The Morgan fingerprint density at radius 2 is 1.41 bits per heavy atom. The highest BCUT2D eigenvalue weighted by Gasteiger charge is 2.41. The van der Waals surface area contributed by atoms with Crippen LogP contribution in [-0.4, -0.2) is 106 Å². The lowest BCUT2D eigenvalue weighted by molar-refractivity contribution is -0.193. The lowest BCUT2D eigenvalue weighted by Crippen LogP contribution is -2.44. The van der Waals surface area contributed by atoms with Gasteiger partial charge in [0.25, 0.3) is 0 Å². The largest absolute Gasteiger partial charge is 0.490 e. The number of fused-ring (bicyclic) bond motifs is 1. The minimum absolute atomic E-state index is 0.324. The molecule has 2 aliphatic heterocycles. The Balaban J connectivity index is 0.000000413. The van der Waals surface area contributed by atoms with Gasteiger partial charge in [-0.1, -0.05) is 0 Å². The summed E-state index contributed by atoms with van der Waals surface area (Å²) in [7, 11) is 2.15. The van der Waals surface area contributed by atoms with Gasteiger partial charge >= 0.3 is 36.4 Å². The van der Waals surface area contributed by atoms with Crippen molar-refractivity contribution in [1.29, 1.82) is 0 Å².